The number of carbonyl (C=O) groups is 2. The Morgan fingerprint density at radius 2 is 1.75 bits per heavy atom. The van der Waals surface area contributed by atoms with Crippen molar-refractivity contribution < 1.29 is 24.5 Å². The zero-order chi connectivity index (χ0) is 17.8. The van der Waals surface area contributed by atoms with Crippen LogP contribution in [-0.2, 0) is 9.59 Å². The largest absolute Gasteiger partial charge is 0.495 e. The van der Waals surface area contributed by atoms with Gasteiger partial charge in [0.25, 0.3) is 0 Å². The number of nitrogens with zero attached hydrogens (tertiary/aromatic N) is 2. The van der Waals surface area contributed by atoms with Gasteiger partial charge in [-0.3, -0.25) is 4.98 Å². The van der Waals surface area contributed by atoms with Crippen LogP contribution in [0.3, 0.4) is 0 Å². The van der Waals surface area contributed by atoms with E-state index in [9.17, 15) is 9.59 Å². The molecule has 132 valence electrons. The topological polar surface area (TPSA) is 112 Å². The molecule has 0 aliphatic carbocycles. The van der Waals surface area contributed by atoms with Crippen LogP contribution in [0, 0.1) is 0 Å². The number of nitrogens with one attached hydrogen (secondary N) is 1. The Morgan fingerprint density at radius 1 is 1.17 bits per heavy atom. The van der Waals surface area contributed by atoms with Crippen LogP contribution in [0.15, 0.2) is 30.6 Å². The molecule has 1 aliphatic heterocycles. The second-order valence-electron chi connectivity index (χ2n) is 5.04. The third kappa shape index (κ3) is 8.14. The van der Waals surface area contributed by atoms with Crippen LogP contribution in [0.5, 0.6) is 5.75 Å². The SMILES string of the molecule is COc1cncc(N2CCCNCCC2)c1.O=C(O)/C=C/C(=O)O. The third-order valence-electron chi connectivity index (χ3n) is 3.23. The number of hydrogen-bond donors (Lipinski definition) is 3. The molecule has 1 aromatic rings. The lowest BCUT2D eigenvalue weighted by molar-refractivity contribution is -0.134. The van der Waals surface area contributed by atoms with Gasteiger partial charge in [-0.2, -0.15) is 0 Å². The number of pyridine rings is 1. The lowest BCUT2D eigenvalue weighted by Crippen LogP contribution is -2.33. The molecule has 0 aromatic carbocycles. The van der Waals surface area contributed by atoms with E-state index in [0.717, 1.165) is 31.9 Å². The van der Waals surface area contributed by atoms with Crippen molar-refractivity contribution in [2.24, 2.45) is 0 Å². The average Bonchev–Trinajstić information content (AvgIpc) is 2.53. The Labute approximate surface area is 140 Å². The van der Waals surface area contributed by atoms with E-state index < -0.39 is 11.9 Å². The minimum atomic E-state index is -1.26. The summed E-state index contributed by atoms with van der Waals surface area (Å²) in [4.78, 5) is 25.7. The number of rotatable bonds is 4. The summed E-state index contributed by atoms with van der Waals surface area (Å²) in [6.45, 7) is 4.38. The van der Waals surface area contributed by atoms with Crippen molar-refractivity contribution >= 4 is 17.6 Å². The Kier molecular flexibility index (Phi) is 8.91. The van der Waals surface area contributed by atoms with Gasteiger partial charge >= 0.3 is 11.9 Å². The van der Waals surface area contributed by atoms with Crippen molar-refractivity contribution in [2.75, 3.05) is 38.2 Å². The number of hydrogen-bond acceptors (Lipinski definition) is 6. The standard InChI is InChI=1S/C12H19N3O.C4H4O4/c1-16-12-8-11(9-14-10-12)15-6-2-4-13-5-3-7-15;5-3(6)1-2-4(7)8/h8-10,13H,2-7H2,1H3;1-2H,(H,5,6)(H,7,8)/b;2-1+. The summed E-state index contributed by atoms with van der Waals surface area (Å²) >= 11 is 0. The van der Waals surface area contributed by atoms with Crippen molar-refractivity contribution in [3.8, 4) is 5.75 Å². The molecule has 0 amide bonds. The first-order valence-corrected chi connectivity index (χ1v) is 7.61. The molecule has 8 nitrogen and oxygen atoms in total. The maximum atomic E-state index is 9.55. The van der Waals surface area contributed by atoms with E-state index in [1.165, 1.54) is 18.5 Å². The van der Waals surface area contributed by atoms with E-state index in [4.69, 9.17) is 14.9 Å². The van der Waals surface area contributed by atoms with Gasteiger partial charge in [-0.25, -0.2) is 9.59 Å². The number of aromatic nitrogens is 1. The molecule has 3 N–H and O–H groups in total. The van der Waals surface area contributed by atoms with Gasteiger partial charge in [0.05, 0.1) is 25.2 Å². The Bertz CT molecular complexity index is 538. The quantitative estimate of drug-likeness (QED) is 0.698. The molecule has 0 bridgehead atoms. The molecule has 0 radical (unpaired) electrons. The van der Waals surface area contributed by atoms with Gasteiger partial charge in [0.1, 0.15) is 5.75 Å². The van der Waals surface area contributed by atoms with E-state index in [2.05, 4.69) is 21.3 Å². The van der Waals surface area contributed by atoms with Crippen molar-refractivity contribution in [1.82, 2.24) is 10.3 Å². The molecule has 1 fully saturated rings. The molecule has 0 atom stereocenters. The molecule has 2 rings (SSSR count). The number of aliphatic carboxylic acids is 2. The van der Waals surface area contributed by atoms with Gasteiger partial charge in [-0.15, -0.1) is 0 Å². The monoisotopic (exact) mass is 337 g/mol. The van der Waals surface area contributed by atoms with Crippen molar-refractivity contribution in [3.63, 3.8) is 0 Å². The fourth-order valence-corrected chi connectivity index (χ4v) is 2.12. The van der Waals surface area contributed by atoms with Gasteiger partial charge in [-0.1, -0.05) is 0 Å². The predicted octanol–water partition coefficient (Wildman–Crippen LogP) is 0.992. The fraction of sp³-hybridized carbons (Fsp3) is 0.438. The average molecular weight is 337 g/mol. The van der Waals surface area contributed by atoms with Crippen molar-refractivity contribution in [1.29, 1.82) is 0 Å². The normalized spacial score (nSPS) is 15.0. The first-order valence-electron chi connectivity index (χ1n) is 7.61. The molecule has 2 heterocycles. The lowest BCUT2D eigenvalue weighted by Gasteiger charge is -2.27. The third-order valence-corrected chi connectivity index (χ3v) is 3.23. The summed E-state index contributed by atoms with van der Waals surface area (Å²) in [5.74, 6) is -1.68. The van der Waals surface area contributed by atoms with E-state index in [0.29, 0.717) is 12.2 Å². The summed E-state index contributed by atoms with van der Waals surface area (Å²) in [6.07, 6.45) is 7.13. The van der Waals surface area contributed by atoms with Crippen molar-refractivity contribution in [2.45, 2.75) is 12.8 Å². The summed E-state index contributed by atoms with van der Waals surface area (Å²) in [5.41, 5.74) is 1.17. The lowest BCUT2D eigenvalue weighted by atomic mass is 10.2. The molecule has 0 spiro atoms. The molecule has 1 saturated heterocycles. The van der Waals surface area contributed by atoms with E-state index in [1.54, 1.807) is 13.3 Å². The summed E-state index contributed by atoms with van der Waals surface area (Å²) in [6, 6.07) is 2.06. The molecule has 24 heavy (non-hydrogen) atoms. The van der Waals surface area contributed by atoms with Crippen LogP contribution in [0.2, 0.25) is 0 Å². The number of carboxylic acids is 2. The van der Waals surface area contributed by atoms with Gasteiger partial charge < -0.3 is 25.2 Å². The van der Waals surface area contributed by atoms with Crippen LogP contribution >= 0.6 is 0 Å². The highest BCUT2D eigenvalue weighted by Gasteiger charge is 2.09. The maximum absolute atomic E-state index is 9.55. The Hall–Kier alpha value is -2.61. The summed E-state index contributed by atoms with van der Waals surface area (Å²) < 4.78 is 5.20. The van der Waals surface area contributed by atoms with E-state index in [-0.39, 0.29) is 0 Å². The van der Waals surface area contributed by atoms with Crippen LogP contribution in [0.25, 0.3) is 0 Å². The van der Waals surface area contributed by atoms with Gasteiger partial charge in [0.2, 0.25) is 0 Å². The van der Waals surface area contributed by atoms with Crippen LogP contribution in [-0.4, -0.2) is 60.4 Å². The van der Waals surface area contributed by atoms with Crippen LogP contribution < -0.4 is 15.0 Å². The smallest absolute Gasteiger partial charge is 0.328 e. The number of ether oxygens (including phenoxy) is 1. The second kappa shape index (κ2) is 11.0. The van der Waals surface area contributed by atoms with E-state index >= 15 is 0 Å². The first-order chi connectivity index (χ1) is 11.5. The zero-order valence-corrected chi connectivity index (χ0v) is 13.6. The van der Waals surface area contributed by atoms with E-state index in [1.807, 2.05) is 6.20 Å². The highest BCUT2D eigenvalue weighted by atomic mass is 16.5. The number of carboxylic acid groups (broad SMARTS) is 2. The fourth-order valence-electron chi connectivity index (χ4n) is 2.12. The summed E-state index contributed by atoms with van der Waals surface area (Å²) in [5, 5.41) is 19.0. The first kappa shape index (κ1) is 19.4. The van der Waals surface area contributed by atoms with Gasteiger partial charge in [0, 0.05) is 31.3 Å². The molecule has 0 unspecified atom stereocenters. The maximum Gasteiger partial charge on any atom is 0.328 e. The molecule has 1 aromatic heterocycles. The highest BCUT2D eigenvalue weighted by molar-refractivity contribution is 5.89. The van der Waals surface area contributed by atoms with Crippen LogP contribution in [0.1, 0.15) is 12.8 Å². The van der Waals surface area contributed by atoms with Gasteiger partial charge in [0.15, 0.2) is 0 Å². The second-order valence-corrected chi connectivity index (χ2v) is 5.04. The molecular weight excluding hydrogens is 314 g/mol. The Balaban J connectivity index is 0.000000307. The van der Waals surface area contributed by atoms with Crippen molar-refractivity contribution in [3.05, 3.63) is 30.6 Å². The summed E-state index contributed by atoms with van der Waals surface area (Å²) in [7, 11) is 1.68. The molecular formula is C16H23N3O5. The molecule has 8 heteroatoms. The minimum absolute atomic E-state index is 0.558. The minimum Gasteiger partial charge on any atom is -0.495 e. The number of methoxy groups -OCH3 is 1. The molecule has 0 saturated carbocycles. The predicted molar refractivity (Wildman–Crippen MR) is 89.5 cm³/mol. The highest BCUT2D eigenvalue weighted by Crippen LogP contribution is 2.19. The number of anilines is 1. The van der Waals surface area contributed by atoms with Gasteiger partial charge in [-0.05, 0) is 25.9 Å². The zero-order valence-electron chi connectivity index (χ0n) is 13.6. The Morgan fingerprint density at radius 3 is 2.25 bits per heavy atom. The molecule has 1 aliphatic rings. The van der Waals surface area contributed by atoms with Crippen LogP contribution in [0.4, 0.5) is 5.69 Å².